The fourth-order valence-electron chi connectivity index (χ4n) is 4.01. The summed E-state index contributed by atoms with van der Waals surface area (Å²) in [5.41, 5.74) is 3.62. The summed E-state index contributed by atoms with van der Waals surface area (Å²) in [7, 11) is 0. The third-order valence-corrected chi connectivity index (χ3v) is 6.14. The summed E-state index contributed by atoms with van der Waals surface area (Å²) in [6.45, 7) is 0.587. The predicted molar refractivity (Wildman–Crippen MR) is 128 cm³/mol. The molecule has 0 saturated heterocycles. The average Bonchev–Trinajstić information content (AvgIpc) is 2.77. The van der Waals surface area contributed by atoms with Crippen LogP contribution < -0.4 is 0 Å². The first-order valence-electron chi connectivity index (χ1n) is 10.4. The summed E-state index contributed by atoms with van der Waals surface area (Å²) in [5.74, 6) is 6.74. The molecule has 0 saturated carbocycles. The molecule has 3 atom stereocenters. The van der Waals surface area contributed by atoms with E-state index in [1.807, 2.05) is 66.7 Å². The van der Waals surface area contributed by atoms with Gasteiger partial charge in [0.15, 0.2) is 0 Å². The monoisotopic (exact) mass is 447 g/mol. The van der Waals surface area contributed by atoms with Gasteiger partial charge in [0.25, 0.3) is 0 Å². The third-order valence-electron chi connectivity index (χ3n) is 5.64. The molecule has 0 bridgehead atoms. The first-order valence-corrected chi connectivity index (χ1v) is 11.1. The Morgan fingerprint density at radius 3 is 2.23 bits per heavy atom. The topological polar surface area (TPSA) is 33.1 Å². The maximum atomic E-state index is 9.01. The van der Waals surface area contributed by atoms with Crippen LogP contribution in [0.15, 0.2) is 78.9 Å². The summed E-state index contributed by atoms with van der Waals surface area (Å²) < 4.78 is 6.12. The largest absolute Gasteiger partial charge is 0.361 e. The van der Waals surface area contributed by atoms with Gasteiger partial charge in [0.05, 0.1) is 0 Å². The number of hydrogen-bond donors (Lipinski definition) is 1. The van der Waals surface area contributed by atoms with Gasteiger partial charge in [-0.2, -0.15) is 0 Å². The molecule has 0 fully saturated rings. The molecule has 3 aromatic rings. The van der Waals surface area contributed by atoms with Gasteiger partial charge in [-0.05, 0) is 53.3 Å². The highest BCUT2D eigenvalue weighted by molar-refractivity contribution is 6.30. The Balaban J connectivity index is 1.60. The van der Waals surface area contributed by atoms with Gasteiger partial charge in [-0.3, -0.25) is 0 Å². The zero-order chi connectivity index (χ0) is 21.6. The first-order chi connectivity index (χ1) is 15.1. The molecular formula is C27H23Cl2NO. The predicted octanol–water partition coefficient (Wildman–Crippen LogP) is 7.32. The summed E-state index contributed by atoms with van der Waals surface area (Å²) >= 11 is 12.1. The van der Waals surface area contributed by atoms with Crippen LogP contribution in [0.2, 0.25) is 10.0 Å². The summed E-state index contributed by atoms with van der Waals surface area (Å²) in [6.07, 6.45) is 1.29. The lowest BCUT2D eigenvalue weighted by Crippen LogP contribution is -2.24. The van der Waals surface area contributed by atoms with Gasteiger partial charge in [-0.1, -0.05) is 89.6 Å². The van der Waals surface area contributed by atoms with Crippen LogP contribution in [0.4, 0.5) is 0 Å². The van der Waals surface area contributed by atoms with Gasteiger partial charge in [0.1, 0.15) is 6.10 Å². The maximum Gasteiger partial charge on any atom is 0.143 e. The normalized spacial score (nSPS) is 19.4. The van der Waals surface area contributed by atoms with Crippen molar-refractivity contribution in [2.45, 2.75) is 24.9 Å². The first kappa shape index (κ1) is 21.7. The highest BCUT2D eigenvalue weighted by atomic mass is 35.5. The average molecular weight is 448 g/mol. The highest BCUT2D eigenvalue weighted by Gasteiger charge is 2.28. The Labute approximate surface area is 193 Å². The van der Waals surface area contributed by atoms with Crippen molar-refractivity contribution >= 4 is 28.9 Å². The van der Waals surface area contributed by atoms with E-state index in [-0.39, 0.29) is 17.9 Å². The van der Waals surface area contributed by atoms with Crippen molar-refractivity contribution in [1.29, 1.82) is 5.41 Å². The minimum Gasteiger partial charge on any atom is -0.361 e. The van der Waals surface area contributed by atoms with Crippen LogP contribution in [0, 0.1) is 23.2 Å². The van der Waals surface area contributed by atoms with Gasteiger partial charge in [0, 0.05) is 34.7 Å². The Bertz CT molecular complexity index is 1080. The van der Waals surface area contributed by atoms with Crippen LogP contribution in [0.25, 0.3) is 0 Å². The van der Waals surface area contributed by atoms with E-state index in [1.165, 1.54) is 0 Å². The second-order valence-corrected chi connectivity index (χ2v) is 8.56. The molecule has 0 amide bonds. The van der Waals surface area contributed by atoms with E-state index in [0.29, 0.717) is 28.8 Å². The lowest BCUT2D eigenvalue weighted by atomic mass is 9.77. The zero-order valence-corrected chi connectivity index (χ0v) is 18.5. The van der Waals surface area contributed by atoms with Crippen molar-refractivity contribution in [2.75, 3.05) is 6.61 Å². The van der Waals surface area contributed by atoms with Crippen LogP contribution in [-0.2, 0) is 4.74 Å². The van der Waals surface area contributed by atoms with Crippen molar-refractivity contribution in [1.82, 2.24) is 0 Å². The third kappa shape index (κ3) is 5.38. The van der Waals surface area contributed by atoms with Gasteiger partial charge in [-0.15, -0.1) is 0 Å². The molecular weight excluding hydrogens is 425 g/mol. The maximum absolute atomic E-state index is 9.01. The van der Waals surface area contributed by atoms with Crippen molar-refractivity contribution in [2.24, 2.45) is 5.92 Å². The fraction of sp³-hybridized carbons (Fsp3) is 0.222. The fourth-order valence-corrected chi connectivity index (χ4v) is 4.26. The molecule has 4 heteroatoms. The molecule has 3 unspecified atom stereocenters. The van der Waals surface area contributed by atoms with Gasteiger partial charge < -0.3 is 10.1 Å². The van der Waals surface area contributed by atoms with Gasteiger partial charge in [-0.25, -0.2) is 0 Å². The van der Waals surface area contributed by atoms with Gasteiger partial charge in [0.2, 0.25) is 0 Å². The number of benzene rings is 3. The summed E-state index contributed by atoms with van der Waals surface area (Å²) in [5, 5.41) is 10.4. The molecule has 0 aliphatic carbocycles. The van der Waals surface area contributed by atoms with E-state index in [0.717, 1.165) is 23.1 Å². The number of hydrogen-bond acceptors (Lipinski definition) is 2. The Hall–Kier alpha value is -2.57. The molecule has 31 heavy (non-hydrogen) atoms. The number of halogens is 2. The molecule has 4 rings (SSSR count). The van der Waals surface area contributed by atoms with E-state index in [1.54, 1.807) is 0 Å². The lowest BCUT2D eigenvalue weighted by Gasteiger charge is -2.29. The van der Waals surface area contributed by atoms with Crippen LogP contribution in [0.5, 0.6) is 0 Å². The quantitative estimate of drug-likeness (QED) is 0.322. The van der Waals surface area contributed by atoms with Crippen LogP contribution >= 0.6 is 23.2 Å². The molecule has 0 aromatic heterocycles. The van der Waals surface area contributed by atoms with Crippen molar-refractivity contribution < 1.29 is 4.74 Å². The number of rotatable bonds is 5. The Morgan fingerprint density at radius 2 is 1.55 bits per heavy atom. The number of nitrogens with one attached hydrogen (secondary N) is 1. The molecule has 3 aromatic carbocycles. The molecule has 1 aliphatic heterocycles. The molecule has 156 valence electrons. The van der Waals surface area contributed by atoms with Crippen molar-refractivity contribution in [3.63, 3.8) is 0 Å². The Morgan fingerprint density at radius 1 is 0.903 bits per heavy atom. The van der Waals surface area contributed by atoms with E-state index in [2.05, 4.69) is 24.0 Å². The van der Waals surface area contributed by atoms with Crippen LogP contribution in [0.3, 0.4) is 0 Å². The second-order valence-electron chi connectivity index (χ2n) is 7.69. The lowest BCUT2D eigenvalue weighted by molar-refractivity contribution is 0.0772. The minimum absolute atomic E-state index is 0.0626. The smallest absolute Gasteiger partial charge is 0.143 e. The Kier molecular flexibility index (Phi) is 7.10. The van der Waals surface area contributed by atoms with Crippen molar-refractivity contribution in [3.05, 3.63) is 106 Å². The second kappa shape index (κ2) is 10.2. The van der Waals surface area contributed by atoms with E-state index < -0.39 is 0 Å². The minimum atomic E-state index is -0.246. The van der Waals surface area contributed by atoms with Crippen LogP contribution in [0.1, 0.15) is 41.6 Å². The molecule has 1 aliphatic rings. The zero-order valence-electron chi connectivity index (χ0n) is 17.0. The van der Waals surface area contributed by atoms with E-state index >= 15 is 0 Å². The van der Waals surface area contributed by atoms with Gasteiger partial charge >= 0.3 is 0 Å². The molecule has 1 N–H and O–H groups in total. The SMILES string of the molecule is N=C(c1ccc(Cl)cc1)C(c1ccccc1)C1CC#CC(c2ccc(Cl)cc2)OCC1. The standard InChI is InChI=1S/C27H23Cl2NO/c28-23-13-9-19(10-14-23)25-8-4-7-21(17-18-31-25)26(20-5-2-1-3-6-20)27(30)22-11-15-24(29)16-12-22/h1-3,5-6,9-16,21,25-26,30H,7,17-18H2. The van der Waals surface area contributed by atoms with Crippen molar-refractivity contribution in [3.8, 4) is 11.8 Å². The van der Waals surface area contributed by atoms with E-state index in [4.69, 9.17) is 33.3 Å². The summed E-state index contributed by atoms with van der Waals surface area (Å²) in [6, 6.07) is 25.4. The van der Waals surface area contributed by atoms with Crippen LogP contribution in [-0.4, -0.2) is 12.3 Å². The van der Waals surface area contributed by atoms with E-state index in [9.17, 15) is 0 Å². The number of ether oxygens (including phenoxy) is 1. The summed E-state index contributed by atoms with van der Waals surface area (Å²) in [4.78, 5) is 0. The molecule has 1 heterocycles. The highest BCUT2D eigenvalue weighted by Crippen LogP contribution is 2.35. The molecule has 0 spiro atoms. The molecule has 2 nitrogen and oxygen atoms in total. The molecule has 0 radical (unpaired) electrons.